The Balaban J connectivity index is 2.35. The van der Waals surface area contributed by atoms with Crippen molar-refractivity contribution >= 4 is 6.29 Å². The van der Waals surface area contributed by atoms with E-state index in [0.29, 0.717) is 6.29 Å². The predicted molar refractivity (Wildman–Crippen MR) is 20.6 cm³/mol. The van der Waals surface area contributed by atoms with E-state index in [0.717, 1.165) is 0 Å². The van der Waals surface area contributed by atoms with Crippen LogP contribution in [-0.2, 0) is 14.3 Å². The molecule has 1 heterocycles. The predicted octanol–water partition coefficient (Wildman–Crippen LogP) is 0.193. The Hall–Kier alpha value is -0.990. The van der Waals surface area contributed by atoms with E-state index in [4.69, 9.17) is 0 Å². The van der Waals surface area contributed by atoms with E-state index in [1.54, 1.807) is 0 Å². The minimum absolute atomic E-state index is 0.000000000000000444. The molecule has 0 aromatic heterocycles. The van der Waals surface area contributed by atoms with Gasteiger partial charge in [0.2, 0.25) is 6.29 Å². The molecule has 0 aliphatic carbocycles. The van der Waals surface area contributed by atoms with Crippen LogP contribution >= 0.6 is 0 Å². The third-order valence-electron chi connectivity index (χ3n) is 0.520. The van der Waals surface area contributed by atoms with Gasteiger partial charge >= 0.3 is 6.29 Å². The van der Waals surface area contributed by atoms with Gasteiger partial charge in [0.05, 0.1) is 0 Å². The highest BCUT2D eigenvalue weighted by Crippen LogP contribution is 2.08. The Morgan fingerprint density at radius 2 is 2.00 bits per heavy atom. The molecule has 0 atom stereocenters. The lowest BCUT2D eigenvalue weighted by Crippen LogP contribution is -1.95. The maximum Gasteiger partial charge on any atom is 0.395 e. The third kappa shape index (κ3) is 0.707. The van der Waals surface area contributed by atoms with Crippen LogP contribution in [-0.4, -0.2) is 6.29 Å². The highest BCUT2D eigenvalue weighted by atomic mass is 16.7. The summed E-state index contributed by atoms with van der Waals surface area (Å²) in [5, 5.41) is 0. The molecule has 0 saturated heterocycles. The Morgan fingerprint density at radius 3 is 2.29 bits per heavy atom. The van der Waals surface area contributed by atoms with Crippen LogP contribution in [0.4, 0.5) is 0 Å². The van der Waals surface area contributed by atoms with Crippen molar-refractivity contribution in [3.8, 4) is 0 Å². The number of ether oxygens (including phenoxy) is 2. The topological polar surface area (TPSA) is 35.5 Å². The standard InChI is InChI=1S/C4H3O3/c5-3-4-6-1-2-7-4/h1-3H. The summed E-state index contributed by atoms with van der Waals surface area (Å²) in [5.74, 6) is 0. The molecule has 1 aliphatic heterocycles. The normalized spacial score (nSPS) is 18.3. The van der Waals surface area contributed by atoms with Gasteiger partial charge in [-0.05, 0) is 0 Å². The van der Waals surface area contributed by atoms with Gasteiger partial charge < -0.3 is 9.47 Å². The van der Waals surface area contributed by atoms with Gasteiger partial charge in [0, 0.05) is 0 Å². The average molecular weight is 99.1 g/mol. The van der Waals surface area contributed by atoms with Gasteiger partial charge in [-0.2, -0.15) is 0 Å². The van der Waals surface area contributed by atoms with E-state index in [1.807, 2.05) is 0 Å². The fourth-order valence-corrected chi connectivity index (χ4v) is 0.273. The molecular weight excluding hydrogens is 96.0 g/mol. The van der Waals surface area contributed by atoms with E-state index in [-0.39, 0.29) is 6.29 Å². The summed E-state index contributed by atoms with van der Waals surface area (Å²) in [6.07, 6.45) is 3.09. The molecule has 1 rings (SSSR count). The molecule has 0 saturated carbocycles. The number of aldehydes is 1. The third-order valence-corrected chi connectivity index (χ3v) is 0.520. The van der Waals surface area contributed by atoms with Crippen molar-refractivity contribution in [2.75, 3.05) is 0 Å². The van der Waals surface area contributed by atoms with Crippen LogP contribution in [0.5, 0.6) is 0 Å². The summed E-state index contributed by atoms with van der Waals surface area (Å²) in [5.41, 5.74) is 0. The maximum absolute atomic E-state index is 9.68. The van der Waals surface area contributed by atoms with Crippen LogP contribution < -0.4 is 0 Å². The van der Waals surface area contributed by atoms with Gasteiger partial charge in [-0.15, -0.1) is 0 Å². The fourth-order valence-electron chi connectivity index (χ4n) is 0.273. The number of carbonyl (C=O) groups excluding carboxylic acids is 1. The molecule has 0 bridgehead atoms. The van der Waals surface area contributed by atoms with Crippen molar-refractivity contribution in [2.24, 2.45) is 0 Å². The van der Waals surface area contributed by atoms with Crippen LogP contribution in [0.15, 0.2) is 12.5 Å². The largest absolute Gasteiger partial charge is 0.444 e. The molecule has 1 aliphatic rings. The molecule has 0 aromatic rings. The molecular formula is C4H3O3. The van der Waals surface area contributed by atoms with E-state index in [2.05, 4.69) is 9.47 Å². The Bertz CT molecular complexity index is 89.1. The second-order valence-corrected chi connectivity index (χ2v) is 0.945. The number of hydrogen-bond donors (Lipinski definition) is 0. The molecule has 0 N–H and O–H groups in total. The Labute approximate surface area is 40.5 Å². The molecule has 0 spiro atoms. The zero-order valence-electron chi connectivity index (χ0n) is 3.46. The smallest absolute Gasteiger partial charge is 0.395 e. The van der Waals surface area contributed by atoms with Crippen molar-refractivity contribution in [1.82, 2.24) is 0 Å². The summed E-state index contributed by atoms with van der Waals surface area (Å²) < 4.78 is 8.90. The van der Waals surface area contributed by atoms with Crippen LogP contribution in [0.3, 0.4) is 0 Å². The minimum Gasteiger partial charge on any atom is -0.444 e. The quantitative estimate of drug-likeness (QED) is 0.440. The number of hydrogen-bond acceptors (Lipinski definition) is 3. The van der Waals surface area contributed by atoms with Crippen LogP contribution in [0.1, 0.15) is 0 Å². The second-order valence-electron chi connectivity index (χ2n) is 0.945. The lowest BCUT2D eigenvalue weighted by atomic mass is 10.7. The van der Waals surface area contributed by atoms with E-state index < -0.39 is 0 Å². The first-order chi connectivity index (χ1) is 3.43. The van der Waals surface area contributed by atoms with Crippen molar-refractivity contribution in [3.05, 3.63) is 18.8 Å². The van der Waals surface area contributed by atoms with Crippen molar-refractivity contribution in [2.45, 2.75) is 0 Å². The van der Waals surface area contributed by atoms with Crippen LogP contribution in [0, 0.1) is 6.29 Å². The lowest BCUT2D eigenvalue weighted by molar-refractivity contribution is -0.115. The van der Waals surface area contributed by atoms with Gasteiger partial charge in [-0.25, -0.2) is 0 Å². The monoisotopic (exact) mass is 99.0 g/mol. The first-order valence-electron chi connectivity index (χ1n) is 1.74. The van der Waals surface area contributed by atoms with Crippen molar-refractivity contribution < 1.29 is 14.3 Å². The summed E-state index contributed by atoms with van der Waals surface area (Å²) in [6, 6.07) is 0. The molecule has 0 amide bonds. The van der Waals surface area contributed by atoms with Gasteiger partial charge in [0.15, 0.2) is 0 Å². The minimum atomic E-state index is 0.000000000000000444. The zero-order chi connectivity index (χ0) is 5.11. The Kier molecular flexibility index (Phi) is 0.978. The van der Waals surface area contributed by atoms with E-state index >= 15 is 0 Å². The van der Waals surface area contributed by atoms with Crippen molar-refractivity contribution in [3.63, 3.8) is 0 Å². The number of rotatable bonds is 1. The van der Waals surface area contributed by atoms with E-state index in [1.165, 1.54) is 12.5 Å². The first kappa shape index (κ1) is 4.18. The van der Waals surface area contributed by atoms with Crippen LogP contribution in [0.2, 0.25) is 0 Å². The van der Waals surface area contributed by atoms with E-state index in [9.17, 15) is 4.79 Å². The SMILES string of the molecule is O=C[C]1OC=CO1. The van der Waals surface area contributed by atoms with Gasteiger partial charge in [0.25, 0.3) is 0 Å². The summed E-state index contributed by atoms with van der Waals surface area (Å²) in [7, 11) is 0. The Morgan fingerprint density at radius 1 is 1.43 bits per heavy atom. The fraction of sp³-hybridized carbons (Fsp3) is 0. The molecule has 1 radical (unpaired) electrons. The summed E-state index contributed by atoms with van der Waals surface area (Å²) in [4.78, 5) is 9.68. The number of carbonyl (C=O) groups is 1. The van der Waals surface area contributed by atoms with Gasteiger partial charge in [0.1, 0.15) is 12.5 Å². The molecule has 7 heavy (non-hydrogen) atoms. The zero-order valence-corrected chi connectivity index (χ0v) is 3.46. The molecule has 0 unspecified atom stereocenters. The molecule has 0 aromatic carbocycles. The van der Waals surface area contributed by atoms with Crippen molar-refractivity contribution in [1.29, 1.82) is 0 Å². The first-order valence-corrected chi connectivity index (χ1v) is 1.74. The second kappa shape index (κ2) is 1.64. The van der Waals surface area contributed by atoms with Crippen LogP contribution in [0.25, 0.3) is 0 Å². The highest BCUT2D eigenvalue weighted by molar-refractivity contribution is 5.63. The average Bonchev–Trinajstić information content (AvgIpc) is 2.14. The summed E-state index contributed by atoms with van der Waals surface area (Å²) >= 11 is 0. The molecule has 3 heteroatoms. The molecule has 3 nitrogen and oxygen atoms in total. The van der Waals surface area contributed by atoms with Gasteiger partial charge in [-0.1, -0.05) is 0 Å². The summed E-state index contributed by atoms with van der Waals surface area (Å²) in [6.45, 7) is 0. The highest BCUT2D eigenvalue weighted by Gasteiger charge is 2.12. The van der Waals surface area contributed by atoms with Gasteiger partial charge in [-0.3, -0.25) is 4.79 Å². The lowest BCUT2D eigenvalue weighted by Gasteiger charge is -1.93. The maximum atomic E-state index is 9.68. The molecule has 0 fully saturated rings. The molecule has 37 valence electrons.